The first kappa shape index (κ1) is 18.5. The first-order chi connectivity index (χ1) is 12.5. The Bertz CT molecular complexity index is 798. The second kappa shape index (κ2) is 8.37. The Morgan fingerprint density at radius 3 is 2.50 bits per heavy atom. The Morgan fingerprint density at radius 2 is 1.85 bits per heavy atom. The molecular weight excluding hydrogens is 348 g/mol. The van der Waals surface area contributed by atoms with Gasteiger partial charge in [-0.1, -0.05) is 41.4 Å². The fourth-order valence-electron chi connectivity index (χ4n) is 2.70. The SMILES string of the molecule is Cc1ccc(CCCC(=O)Nc2ccc(C(=O)NC3CC3)c(Cl)c2)cc1. The molecule has 4 nitrogen and oxygen atoms in total. The van der Waals surface area contributed by atoms with Crippen molar-refractivity contribution < 1.29 is 9.59 Å². The van der Waals surface area contributed by atoms with E-state index in [2.05, 4.69) is 41.8 Å². The summed E-state index contributed by atoms with van der Waals surface area (Å²) in [7, 11) is 0. The number of hydrogen-bond donors (Lipinski definition) is 2. The van der Waals surface area contributed by atoms with E-state index < -0.39 is 0 Å². The van der Waals surface area contributed by atoms with Gasteiger partial charge in [-0.2, -0.15) is 0 Å². The van der Waals surface area contributed by atoms with E-state index in [0.29, 0.717) is 22.7 Å². The Labute approximate surface area is 158 Å². The fraction of sp³-hybridized carbons (Fsp3) is 0.333. The zero-order valence-electron chi connectivity index (χ0n) is 14.8. The molecule has 1 fully saturated rings. The van der Waals surface area contributed by atoms with E-state index in [1.807, 2.05) is 0 Å². The van der Waals surface area contributed by atoms with Crippen LogP contribution in [0.4, 0.5) is 5.69 Å². The number of amides is 2. The van der Waals surface area contributed by atoms with Crippen LogP contribution < -0.4 is 10.6 Å². The number of rotatable bonds is 7. The van der Waals surface area contributed by atoms with Crippen LogP contribution in [0.15, 0.2) is 42.5 Å². The lowest BCUT2D eigenvalue weighted by molar-refractivity contribution is -0.116. The standard InChI is InChI=1S/C21H23ClN2O2/c1-14-5-7-15(8-6-14)3-2-4-20(25)23-17-11-12-18(19(22)13-17)21(26)24-16-9-10-16/h5-8,11-13,16H,2-4,9-10H2,1H3,(H,23,25)(H,24,26). The number of hydrogen-bond acceptors (Lipinski definition) is 2. The number of aryl methyl sites for hydroxylation is 2. The van der Waals surface area contributed by atoms with Crippen molar-refractivity contribution in [2.45, 2.75) is 45.1 Å². The smallest absolute Gasteiger partial charge is 0.253 e. The van der Waals surface area contributed by atoms with Gasteiger partial charge >= 0.3 is 0 Å². The molecule has 0 spiro atoms. The van der Waals surface area contributed by atoms with Crippen LogP contribution in [-0.4, -0.2) is 17.9 Å². The molecule has 3 rings (SSSR count). The maximum absolute atomic E-state index is 12.1. The minimum absolute atomic E-state index is 0.0524. The molecule has 1 saturated carbocycles. The maximum atomic E-state index is 12.1. The fourth-order valence-corrected chi connectivity index (χ4v) is 2.97. The molecule has 0 aliphatic heterocycles. The van der Waals surface area contributed by atoms with E-state index in [1.165, 1.54) is 11.1 Å². The highest BCUT2D eigenvalue weighted by atomic mass is 35.5. The first-order valence-electron chi connectivity index (χ1n) is 8.97. The van der Waals surface area contributed by atoms with Crippen LogP contribution in [0.2, 0.25) is 5.02 Å². The average molecular weight is 371 g/mol. The third-order valence-electron chi connectivity index (χ3n) is 4.40. The van der Waals surface area contributed by atoms with E-state index in [-0.39, 0.29) is 17.9 Å². The van der Waals surface area contributed by atoms with Gasteiger partial charge in [0.05, 0.1) is 10.6 Å². The number of carbonyl (C=O) groups excluding carboxylic acids is 2. The van der Waals surface area contributed by atoms with Crippen molar-refractivity contribution in [1.82, 2.24) is 5.32 Å². The van der Waals surface area contributed by atoms with Crippen LogP contribution in [0.5, 0.6) is 0 Å². The van der Waals surface area contributed by atoms with Gasteiger partial charge in [-0.25, -0.2) is 0 Å². The van der Waals surface area contributed by atoms with Crippen molar-refractivity contribution in [3.8, 4) is 0 Å². The summed E-state index contributed by atoms with van der Waals surface area (Å²) in [6, 6.07) is 13.6. The van der Waals surface area contributed by atoms with E-state index in [9.17, 15) is 9.59 Å². The Morgan fingerprint density at radius 1 is 1.12 bits per heavy atom. The molecule has 2 aromatic carbocycles. The summed E-state index contributed by atoms with van der Waals surface area (Å²) in [4.78, 5) is 24.2. The molecule has 2 amide bonds. The monoisotopic (exact) mass is 370 g/mol. The molecule has 0 bridgehead atoms. The van der Waals surface area contributed by atoms with Crippen LogP contribution in [-0.2, 0) is 11.2 Å². The Balaban J connectivity index is 1.48. The number of anilines is 1. The van der Waals surface area contributed by atoms with Gasteiger partial charge in [0.2, 0.25) is 5.91 Å². The summed E-state index contributed by atoms with van der Waals surface area (Å²) in [5, 5.41) is 6.10. The highest BCUT2D eigenvalue weighted by molar-refractivity contribution is 6.34. The van der Waals surface area contributed by atoms with Crippen LogP contribution in [0.1, 0.15) is 47.2 Å². The third kappa shape index (κ3) is 5.33. The largest absolute Gasteiger partial charge is 0.349 e. The molecule has 136 valence electrons. The second-order valence-electron chi connectivity index (χ2n) is 6.83. The molecule has 1 aliphatic rings. The molecule has 0 heterocycles. The number of benzene rings is 2. The maximum Gasteiger partial charge on any atom is 0.253 e. The van der Waals surface area contributed by atoms with Gasteiger partial charge in [0.1, 0.15) is 0 Å². The Kier molecular flexibility index (Phi) is 5.94. The van der Waals surface area contributed by atoms with E-state index in [4.69, 9.17) is 11.6 Å². The summed E-state index contributed by atoms with van der Waals surface area (Å²) in [5.74, 6) is -0.211. The van der Waals surface area contributed by atoms with Crippen molar-refractivity contribution in [2.24, 2.45) is 0 Å². The van der Waals surface area contributed by atoms with Crippen LogP contribution >= 0.6 is 11.6 Å². The molecule has 0 atom stereocenters. The lowest BCUT2D eigenvalue weighted by atomic mass is 10.1. The summed E-state index contributed by atoms with van der Waals surface area (Å²) in [6.07, 6.45) is 4.15. The molecule has 26 heavy (non-hydrogen) atoms. The van der Waals surface area contributed by atoms with Crippen molar-refractivity contribution in [2.75, 3.05) is 5.32 Å². The van der Waals surface area contributed by atoms with E-state index in [0.717, 1.165) is 25.7 Å². The molecule has 0 radical (unpaired) electrons. The summed E-state index contributed by atoms with van der Waals surface area (Å²) in [6.45, 7) is 2.06. The lowest BCUT2D eigenvalue weighted by Crippen LogP contribution is -2.25. The van der Waals surface area contributed by atoms with Crippen LogP contribution in [0.25, 0.3) is 0 Å². The van der Waals surface area contributed by atoms with Gasteiger partial charge < -0.3 is 10.6 Å². The molecule has 5 heteroatoms. The average Bonchev–Trinajstić information content (AvgIpc) is 3.40. The quantitative estimate of drug-likeness (QED) is 0.753. The molecule has 0 unspecified atom stereocenters. The highest BCUT2D eigenvalue weighted by Crippen LogP contribution is 2.24. The topological polar surface area (TPSA) is 58.2 Å². The van der Waals surface area contributed by atoms with Crippen molar-refractivity contribution >= 4 is 29.1 Å². The van der Waals surface area contributed by atoms with Gasteiger partial charge in [-0.3, -0.25) is 9.59 Å². The van der Waals surface area contributed by atoms with Crippen molar-refractivity contribution in [1.29, 1.82) is 0 Å². The van der Waals surface area contributed by atoms with E-state index >= 15 is 0 Å². The summed E-state index contributed by atoms with van der Waals surface area (Å²) >= 11 is 6.20. The Hall–Kier alpha value is -2.33. The molecular formula is C21H23ClN2O2. The van der Waals surface area contributed by atoms with Crippen LogP contribution in [0.3, 0.4) is 0 Å². The summed E-state index contributed by atoms with van der Waals surface area (Å²) in [5.41, 5.74) is 3.52. The molecule has 0 saturated heterocycles. The molecule has 2 N–H and O–H groups in total. The van der Waals surface area contributed by atoms with Crippen LogP contribution in [0, 0.1) is 6.92 Å². The first-order valence-corrected chi connectivity index (χ1v) is 9.35. The minimum Gasteiger partial charge on any atom is -0.349 e. The van der Waals surface area contributed by atoms with E-state index in [1.54, 1.807) is 18.2 Å². The minimum atomic E-state index is -0.159. The predicted molar refractivity (Wildman–Crippen MR) is 105 cm³/mol. The molecule has 1 aliphatic carbocycles. The number of halogens is 1. The van der Waals surface area contributed by atoms with Gasteiger partial charge in [0, 0.05) is 18.2 Å². The number of carbonyl (C=O) groups is 2. The van der Waals surface area contributed by atoms with Crippen molar-refractivity contribution in [3.05, 3.63) is 64.2 Å². The van der Waals surface area contributed by atoms with Gasteiger partial charge in [0.15, 0.2) is 0 Å². The van der Waals surface area contributed by atoms with Gasteiger partial charge in [-0.15, -0.1) is 0 Å². The third-order valence-corrected chi connectivity index (χ3v) is 4.71. The molecule has 0 aromatic heterocycles. The number of nitrogens with one attached hydrogen (secondary N) is 2. The molecule has 2 aromatic rings. The van der Waals surface area contributed by atoms with Gasteiger partial charge in [-0.05, 0) is 56.4 Å². The van der Waals surface area contributed by atoms with Crippen molar-refractivity contribution in [3.63, 3.8) is 0 Å². The summed E-state index contributed by atoms with van der Waals surface area (Å²) < 4.78 is 0. The highest BCUT2D eigenvalue weighted by Gasteiger charge is 2.24. The second-order valence-corrected chi connectivity index (χ2v) is 7.24. The van der Waals surface area contributed by atoms with Gasteiger partial charge in [0.25, 0.3) is 5.91 Å². The zero-order chi connectivity index (χ0) is 18.5. The predicted octanol–water partition coefficient (Wildman–Crippen LogP) is 4.50. The normalized spacial score (nSPS) is 13.3. The zero-order valence-corrected chi connectivity index (χ0v) is 15.6. The lowest BCUT2D eigenvalue weighted by Gasteiger charge is -2.09.